The van der Waals surface area contributed by atoms with Crippen LogP contribution in [0, 0.1) is 21.7 Å². The number of aromatic nitrogens is 2. The van der Waals surface area contributed by atoms with Crippen LogP contribution in [0.5, 0.6) is 0 Å². The number of halogens is 2. The lowest BCUT2D eigenvalue weighted by atomic mass is 10.2. The Morgan fingerprint density at radius 3 is 2.48 bits per heavy atom. The standard InChI is InChI=1S/C16H11F2N3O3S/c1-9(25-12-6-7-13(17)14(18)8-12)15-19-20-16(24-15)10-2-4-11(5-3-10)21(22)23/h2-9H,1H3/t9-/m0/s1. The molecular weight excluding hydrogens is 352 g/mol. The number of thioether (sulfide) groups is 1. The minimum atomic E-state index is -0.922. The molecule has 1 heterocycles. The second-order valence-electron chi connectivity index (χ2n) is 5.09. The van der Waals surface area contributed by atoms with E-state index in [0.29, 0.717) is 16.3 Å². The minimum absolute atomic E-state index is 0.0363. The average Bonchev–Trinajstić information content (AvgIpc) is 3.08. The van der Waals surface area contributed by atoms with Gasteiger partial charge in [0.15, 0.2) is 11.6 Å². The maximum atomic E-state index is 13.3. The molecule has 0 saturated heterocycles. The van der Waals surface area contributed by atoms with E-state index in [9.17, 15) is 18.9 Å². The summed E-state index contributed by atoms with van der Waals surface area (Å²) in [5, 5.41) is 18.2. The molecule has 0 fully saturated rings. The van der Waals surface area contributed by atoms with Crippen LogP contribution in [0.1, 0.15) is 18.1 Å². The maximum absolute atomic E-state index is 13.3. The molecule has 25 heavy (non-hydrogen) atoms. The monoisotopic (exact) mass is 363 g/mol. The molecule has 0 saturated carbocycles. The summed E-state index contributed by atoms with van der Waals surface area (Å²) < 4.78 is 31.8. The summed E-state index contributed by atoms with van der Waals surface area (Å²) >= 11 is 1.24. The van der Waals surface area contributed by atoms with E-state index in [-0.39, 0.29) is 16.8 Å². The lowest BCUT2D eigenvalue weighted by molar-refractivity contribution is -0.384. The second-order valence-corrected chi connectivity index (χ2v) is 6.50. The molecule has 6 nitrogen and oxygen atoms in total. The highest BCUT2D eigenvalue weighted by Gasteiger charge is 2.17. The van der Waals surface area contributed by atoms with E-state index in [1.54, 1.807) is 6.92 Å². The number of hydrogen-bond donors (Lipinski definition) is 0. The third kappa shape index (κ3) is 3.82. The van der Waals surface area contributed by atoms with Crippen LogP contribution in [-0.4, -0.2) is 15.1 Å². The Balaban J connectivity index is 1.75. The number of rotatable bonds is 5. The van der Waals surface area contributed by atoms with Crippen molar-refractivity contribution < 1.29 is 18.1 Å². The second kappa shape index (κ2) is 6.98. The van der Waals surface area contributed by atoms with Gasteiger partial charge in [0.1, 0.15) is 0 Å². The van der Waals surface area contributed by atoms with Crippen LogP contribution in [0.3, 0.4) is 0 Å². The number of benzene rings is 2. The Morgan fingerprint density at radius 1 is 1.12 bits per heavy atom. The van der Waals surface area contributed by atoms with E-state index < -0.39 is 16.6 Å². The first-order valence-electron chi connectivity index (χ1n) is 7.14. The molecule has 0 radical (unpaired) electrons. The smallest absolute Gasteiger partial charge is 0.269 e. The van der Waals surface area contributed by atoms with Gasteiger partial charge < -0.3 is 4.42 Å². The first-order valence-corrected chi connectivity index (χ1v) is 8.02. The molecule has 0 spiro atoms. The molecule has 0 aliphatic heterocycles. The van der Waals surface area contributed by atoms with Crippen LogP contribution < -0.4 is 0 Å². The molecular formula is C16H11F2N3O3S. The largest absolute Gasteiger partial charge is 0.419 e. The molecule has 0 unspecified atom stereocenters. The SMILES string of the molecule is C[C@H](Sc1ccc(F)c(F)c1)c1nnc(-c2ccc([N+](=O)[O-])cc2)o1. The molecule has 1 atom stereocenters. The predicted molar refractivity (Wildman–Crippen MR) is 87.0 cm³/mol. The highest BCUT2D eigenvalue weighted by molar-refractivity contribution is 7.99. The van der Waals surface area contributed by atoms with Gasteiger partial charge in [0.2, 0.25) is 11.8 Å². The van der Waals surface area contributed by atoms with E-state index in [1.165, 1.54) is 42.1 Å². The number of nitro benzene ring substituents is 1. The number of hydrogen-bond acceptors (Lipinski definition) is 6. The first-order chi connectivity index (χ1) is 11.9. The Hall–Kier alpha value is -2.81. The fraction of sp³-hybridized carbons (Fsp3) is 0.125. The van der Waals surface area contributed by atoms with Gasteiger partial charge in [0.25, 0.3) is 5.69 Å². The van der Waals surface area contributed by atoms with Crippen LogP contribution in [0.2, 0.25) is 0 Å². The molecule has 1 aromatic heterocycles. The Morgan fingerprint density at radius 2 is 1.84 bits per heavy atom. The third-order valence-corrected chi connectivity index (χ3v) is 4.40. The summed E-state index contributed by atoms with van der Waals surface area (Å²) in [5.41, 5.74) is 0.514. The maximum Gasteiger partial charge on any atom is 0.269 e. The molecule has 0 amide bonds. The van der Waals surface area contributed by atoms with Gasteiger partial charge in [-0.05, 0) is 37.3 Å². The molecule has 3 rings (SSSR count). The molecule has 0 aliphatic rings. The van der Waals surface area contributed by atoms with Crippen molar-refractivity contribution in [3.05, 3.63) is 70.1 Å². The van der Waals surface area contributed by atoms with E-state index in [1.807, 2.05) is 0 Å². The topological polar surface area (TPSA) is 82.1 Å². The van der Waals surface area contributed by atoms with E-state index in [0.717, 1.165) is 12.1 Å². The van der Waals surface area contributed by atoms with Crippen molar-refractivity contribution in [2.24, 2.45) is 0 Å². The zero-order valence-electron chi connectivity index (χ0n) is 12.8. The zero-order valence-corrected chi connectivity index (χ0v) is 13.7. The molecule has 9 heteroatoms. The van der Waals surface area contributed by atoms with Crippen LogP contribution in [0.4, 0.5) is 14.5 Å². The van der Waals surface area contributed by atoms with Crippen molar-refractivity contribution in [1.82, 2.24) is 10.2 Å². The number of nitrogens with zero attached hydrogens (tertiary/aromatic N) is 3. The van der Waals surface area contributed by atoms with Crippen LogP contribution >= 0.6 is 11.8 Å². The molecule has 3 aromatic rings. The minimum Gasteiger partial charge on any atom is -0.419 e. The van der Waals surface area contributed by atoms with Gasteiger partial charge in [-0.15, -0.1) is 22.0 Å². The zero-order chi connectivity index (χ0) is 18.0. The van der Waals surface area contributed by atoms with Crippen molar-refractivity contribution >= 4 is 17.4 Å². The van der Waals surface area contributed by atoms with Crippen LogP contribution in [0.15, 0.2) is 51.8 Å². The third-order valence-electron chi connectivity index (χ3n) is 3.32. The van der Waals surface area contributed by atoms with Gasteiger partial charge in [0.05, 0.1) is 10.2 Å². The summed E-state index contributed by atoms with van der Waals surface area (Å²) in [6.45, 7) is 1.79. The highest BCUT2D eigenvalue weighted by Crippen LogP contribution is 2.35. The fourth-order valence-electron chi connectivity index (χ4n) is 2.05. The molecule has 0 bridgehead atoms. The van der Waals surface area contributed by atoms with Crippen molar-refractivity contribution in [2.75, 3.05) is 0 Å². The van der Waals surface area contributed by atoms with Gasteiger partial charge in [-0.25, -0.2) is 8.78 Å². The summed E-state index contributed by atoms with van der Waals surface area (Å²) in [4.78, 5) is 10.7. The van der Waals surface area contributed by atoms with Crippen molar-refractivity contribution in [3.63, 3.8) is 0 Å². The Labute approximate surface area is 145 Å². The first kappa shape index (κ1) is 17.0. The van der Waals surface area contributed by atoms with Crippen LogP contribution in [0.25, 0.3) is 11.5 Å². The summed E-state index contributed by atoms with van der Waals surface area (Å²) in [6.07, 6.45) is 0. The van der Waals surface area contributed by atoms with Crippen molar-refractivity contribution in [3.8, 4) is 11.5 Å². The van der Waals surface area contributed by atoms with E-state index in [2.05, 4.69) is 10.2 Å². The Kier molecular flexibility index (Phi) is 4.75. The van der Waals surface area contributed by atoms with Gasteiger partial charge in [0, 0.05) is 22.6 Å². The molecule has 128 valence electrons. The number of nitro groups is 1. The summed E-state index contributed by atoms with van der Waals surface area (Å²) in [6, 6.07) is 9.35. The molecule has 0 aliphatic carbocycles. The lowest BCUT2D eigenvalue weighted by Gasteiger charge is -2.06. The summed E-state index contributed by atoms with van der Waals surface area (Å²) in [7, 11) is 0. The van der Waals surface area contributed by atoms with Gasteiger partial charge in [-0.2, -0.15) is 0 Å². The summed E-state index contributed by atoms with van der Waals surface area (Å²) in [5.74, 6) is -1.30. The Bertz CT molecular complexity index is 915. The predicted octanol–water partition coefficient (Wildman–Crippen LogP) is 4.78. The molecule has 2 aromatic carbocycles. The van der Waals surface area contributed by atoms with E-state index in [4.69, 9.17) is 4.42 Å². The molecule has 0 N–H and O–H groups in total. The highest BCUT2D eigenvalue weighted by atomic mass is 32.2. The lowest BCUT2D eigenvalue weighted by Crippen LogP contribution is -1.90. The van der Waals surface area contributed by atoms with Crippen LogP contribution in [-0.2, 0) is 0 Å². The van der Waals surface area contributed by atoms with Crippen molar-refractivity contribution in [2.45, 2.75) is 17.1 Å². The van der Waals surface area contributed by atoms with Crippen molar-refractivity contribution in [1.29, 1.82) is 0 Å². The number of non-ortho nitro benzene ring substituents is 1. The van der Waals surface area contributed by atoms with E-state index >= 15 is 0 Å². The van der Waals surface area contributed by atoms with Gasteiger partial charge in [-0.3, -0.25) is 10.1 Å². The average molecular weight is 363 g/mol. The normalized spacial score (nSPS) is 12.1. The fourth-order valence-corrected chi connectivity index (χ4v) is 2.97. The van der Waals surface area contributed by atoms with Gasteiger partial charge >= 0.3 is 0 Å². The quantitative estimate of drug-likeness (QED) is 0.369. The van der Waals surface area contributed by atoms with Gasteiger partial charge in [-0.1, -0.05) is 0 Å².